The maximum atomic E-state index is 5.07. The molecule has 1 aromatic rings. The second kappa shape index (κ2) is 4.54. The number of rotatable bonds is 4. The summed E-state index contributed by atoms with van der Waals surface area (Å²) in [5.41, 5.74) is 0. The first-order chi connectivity index (χ1) is 6.27. The molecular formula is C9H15N3O. The molecule has 0 aliphatic rings. The predicted molar refractivity (Wildman–Crippen MR) is 53.1 cm³/mol. The highest BCUT2D eigenvalue weighted by Crippen LogP contribution is 2.14. The Hall–Kier alpha value is -1.45. The van der Waals surface area contributed by atoms with Crippen molar-refractivity contribution >= 4 is 5.82 Å². The normalized spacial score (nSPS) is 10.7. The monoisotopic (exact) mass is 181 g/mol. The number of ether oxygens (including phenoxy) is 1. The maximum Gasteiger partial charge on any atom is 0.213 e. The van der Waals surface area contributed by atoms with Gasteiger partial charge in [0.15, 0.2) is 5.82 Å². The first kappa shape index (κ1) is 9.64. The van der Waals surface area contributed by atoms with Gasteiger partial charge in [-0.05, 0) is 6.92 Å². The highest BCUT2D eigenvalue weighted by atomic mass is 16.5. The summed E-state index contributed by atoms with van der Waals surface area (Å²) in [5.74, 6) is 1.58. The molecule has 0 fully saturated rings. The van der Waals surface area contributed by atoms with E-state index in [1.54, 1.807) is 11.8 Å². The molecule has 0 aliphatic carbocycles. The number of nitrogens with zero attached hydrogens (tertiary/aromatic N) is 2. The van der Waals surface area contributed by atoms with Crippen LogP contribution in [-0.4, -0.2) is 23.4 Å². The number of hydrogen-bond acceptors (Lipinski definition) is 3. The summed E-state index contributed by atoms with van der Waals surface area (Å²) in [5, 5.41) is 7.34. The highest BCUT2D eigenvalue weighted by Gasteiger charge is 2.02. The van der Waals surface area contributed by atoms with E-state index in [1.165, 1.54) is 0 Å². The second-order valence-corrected chi connectivity index (χ2v) is 2.65. The van der Waals surface area contributed by atoms with Crippen molar-refractivity contribution in [1.82, 2.24) is 9.78 Å². The van der Waals surface area contributed by atoms with Gasteiger partial charge in [-0.25, -0.2) is 4.68 Å². The molecule has 0 spiro atoms. The number of nitrogens with one attached hydrogen (secondary N) is 1. The molecule has 0 aliphatic heterocycles. The summed E-state index contributed by atoms with van der Waals surface area (Å²) < 4.78 is 6.77. The first-order valence-electron chi connectivity index (χ1n) is 4.21. The van der Waals surface area contributed by atoms with E-state index in [1.807, 2.05) is 32.2 Å². The van der Waals surface area contributed by atoms with Crippen molar-refractivity contribution in [1.29, 1.82) is 0 Å². The maximum absolute atomic E-state index is 5.07. The molecule has 0 radical (unpaired) electrons. The fraction of sp³-hybridized carbons (Fsp3) is 0.444. The van der Waals surface area contributed by atoms with E-state index in [0.717, 1.165) is 18.2 Å². The van der Waals surface area contributed by atoms with Crippen LogP contribution in [0.15, 0.2) is 18.2 Å². The lowest BCUT2D eigenvalue weighted by molar-refractivity contribution is 0.373. The zero-order chi connectivity index (χ0) is 9.68. The Balaban J connectivity index is 2.57. The van der Waals surface area contributed by atoms with Gasteiger partial charge >= 0.3 is 0 Å². The van der Waals surface area contributed by atoms with Gasteiger partial charge in [-0.15, -0.1) is 0 Å². The van der Waals surface area contributed by atoms with Crippen LogP contribution in [0.1, 0.15) is 6.92 Å². The van der Waals surface area contributed by atoms with Crippen LogP contribution in [0.4, 0.5) is 5.82 Å². The molecule has 1 heterocycles. The number of hydrogen-bond donors (Lipinski definition) is 1. The molecule has 1 aromatic heterocycles. The lowest BCUT2D eigenvalue weighted by atomic mass is 10.5. The van der Waals surface area contributed by atoms with E-state index in [4.69, 9.17) is 4.74 Å². The second-order valence-electron chi connectivity index (χ2n) is 2.65. The number of methoxy groups -OCH3 is 1. The average Bonchev–Trinajstić information content (AvgIpc) is 2.47. The molecule has 4 heteroatoms. The third-order valence-electron chi connectivity index (χ3n) is 1.68. The van der Waals surface area contributed by atoms with Crippen LogP contribution in [0.2, 0.25) is 0 Å². The van der Waals surface area contributed by atoms with Crippen LogP contribution in [0.25, 0.3) is 0 Å². The van der Waals surface area contributed by atoms with E-state index in [9.17, 15) is 0 Å². The Labute approximate surface area is 78.2 Å². The quantitative estimate of drug-likeness (QED) is 0.714. The number of aryl methyl sites for hydroxylation is 1. The summed E-state index contributed by atoms with van der Waals surface area (Å²) in [6.07, 6.45) is 4.02. The van der Waals surface area contributed by atoms with Gasteiger partial charge in [0.05, 0.1) is 7.11 Å². The molecule has 1 rings (SSSR count). The summed E-state index contributed by atoms with van der Waals surface area (Å²) in [6, 6.07) is 1.86. The van der Waals surface area contributed by atoms with Crippen molar-refractivity contribution in [3.05, 3.63) is 18.2 Å². The van der Waals surface area contributed by atoms with Crippen LogP contribution >= 0.6 is 0 Å². The van der Waals surface area contributed by atoms with E-state index in [-0.39, 0.29) is 0 Å². The predicted octanol–water partition coefficient (Wildman–Crippen LogP) is 1.42. The van der Waals surface area contributed by atoms with Crippen molar-refractivity contribution in [3.8, 4) is 5.88 Å². The van der Waals surface area contributed by atoms with Crippen LogP contribution in [0, 0.1) is 0 Å². The summed E-state index contributed by atoms with van der Waals surface area (Å²) in [6.45, 7) is 2.78. The molecular weight excluding hydrogens is 166 g/mol. The van der Waals surface area contributed by atoms with Crippen molar-refractivity contribution in [2.75, 3.05) is 19.0 Å². The molecule has 72 valence electrons. The zero-order valence-electron chi connectivity index (χ0n) is 8.24. The van der Waals surface area contributed by atoms with E-state index >= 15 is 0 Å². The van der Waals surface area contributed by atoms with Crippen molar-refractivity contribution < 1.29 is 4.74 Å². The Kier molecular flexibility index (Phi) is 3.37. The minimum atomic E-state index is 0.753. The Morgan fingerprint density at radius 1 is 1.69 bits per heavy atom. The molecule has 0 atom stereocenters. The smallest absolute Gasteiger partial charge is 0.213 e. The SMILES string of the molecule is C/C=C/CNc1cc(OC)n(C)n1. The topological polar surface area (TPSA) is 39.1 Å². The summed E-state index contributed by atoms with van der Waals surface area (Å²) >= 11 is 0. The molecule has 0 amide bonds. The van der Waals surface area contributed by atoms with Gasteiger partial charge in [-0.3, -0.25) is 0 Å². The van der Waals surface area contributed by atoms with Gasteiger partial charge in [-0.2, -0.15) is 5.10 Å². The fourth-order valence-electron chi connectivity index (χ4n) is 1.01. The molecule has 4 nitrogen and oxygen atoms in total. The highest BCUT2D eigenvalue weighted by molar-refractivity contribution is 5.39. The number of anilines is 1. The fourth-order valence-corrected chi connectivity index (χ4v) is 1.01. The molecule has 13 heavy (non-hydrogen) atoms. The van der Waals surface area contributed by atoms with Gasteiger partial charge in [0, 0.05) is 19.7 Å². The third-order valence-corrected chi connectivity index (χ3v) is 1.68. The lowest BCUT2D eigenvalue weighted by Crippen LogP contribution is -1.99. The molecule has 0 aromatic carbocycles. The minimum Gasteiger partial charge on any atom is -0.481 e. The number of allylic oxidation sites excluding steroid dienone is 1. The largest absolute Gasteiger partial charge is 0.481 e. The standard InChI is InChI=1S/C9H15N3O/c1-4-5-6-10-8-7-9(13-3)12(2)11-8/h4-5,7H,6H2,1-3H3,(H,10,11)/b5-4+. The lowest BCUT2D eigenvalue weighted by Gasteiger charge is -1.95. The van der Waals surface area contributed by atoms with Crippen molar-refractivity contribution in [3.63, 3.8) is 0 Å². The van der Waals surface area contributed by atoms with Crippen molar-refractivity contribution in [2.45, 2.75) is 6.92 Å². The summed E-state index contributed by atoms with van der Waals surface area (Å²) in [7, 11) is 3.48. The van der Waals surface area contributed by atoms with E-state index in [2.05, 4.69) is 10.4 Å². The van der Waals surface area contributed by atoms with Crippen LogP contribution in [0.5, 0.6) is 5.88 Å². The first-order valence-corrected chi connectivity index (χ1v) is 4.21. The third kappa shape index (κ3) is 2.50. The molecule has 0 unspecified atom stereocenters. The van der Waals surface area contributed by atoms with Gasteiger partial charge in [0.1, 0.15) is 0 Å². The van der Waals surface area contributed by atoms with Gasteiger partial charge < -0.3 is 10.1 Å². The van der Waals surface area contributed by atoms with Crippen LogP contribution < -0.4 is 10.1 Å². The molecule has 1 N–H and O–H groups in total. The molecule has 0 saturated carbocycles. The van der Waals surface area contributed by atoms with Crippen LogP contribution in [-0.2, 0) is 7.05 Å². The Morgan fingerprint density at radius 3 is 3.00 bits per heavy atom. The van der Waals surface area contributed by atoms with Gasteiger partial charge in [0.2, 0.25) is 5.88 Å². The van der Waals surface area contributed by atoms with Gasteiger partial charge in [-0.1, -0.05) is 12.2 Å². The Bertz CT molecular complexity index is 291. The van der Waals surface area contributed by atoms with Gasteiger partial charge in [0.25, 0.3) is 0 Å². The molecule has 0 bridgehead atoms. The Morgan fingerprint density at radius 2 is 2.46 bits per heavy atom. The van der Waals surface area contributed by atoms with E-state index < -0.39 is 0 Å². The van der Waals surface area contributed by atoms with Crippen LogP contribution in [0.3, 0.4) is 0 Å². The average molecular weight is 181 g/mol. The molecule has 0 saturated heterocycles. The van der Waals surface area contributed by atoms with Crippen molar-refractivity contribution in [2.24, 2.45) is 7.05 Å². The van der Waals surface area contributed by atoms with E-state index in [0.29, 0.717) is 0 Å². The number of aromatic nitrogens is 2. The summed E-state index contributed by atoms with van der Waals surface area (Å²) in [4.78, 5) is 0. The zero-order valence-corrected chi connectivity index (χ0v) is 8.24. The minimum absolute atomic E-state index is 0.753.